The summed E-state index contributed by atoms with van der Waals surface area (Å²) in [5, 5.41) is 4.16. The maximum atomic E-state index is 11.5. The molecule has 0 saturated carbocycles. The van der Waals surface area contributed by atoms with Gasteiger partial charge in [0.1, 0.15) is 4.88 Å². The molecule has 1 aliphatic heterocycles. The van der Waals surface area contributed by atoms with E-state index in [-0.39, 0.29) is 5.97 Å². The third kappa shape index (κ3) is 3.45. The van der Waals surface area contributed by atoms with Crippen LogP contribution in [0.15, 0.2) is 0 Å². The van der Waals surface area contributed by atoms with Gasteiger partial charge in [0, 0.05) is 13.1 Å². The van der Waals surface area contributed by atoms with E-state index in [2.05, 4.69) is 22.1 Å². The standard InChI is InChI=1S/C13H21N3O2S/c1-4-16-6-5-10(8-16)7-14-13-15-9(2)11(19-13)12(17)18-3/h10H,4-8H2,1-3H3,(H,14,15). The molecular weight excluding hydrogens is 262 g/mol. The number of carbonyl (C=O) groups is 1. The average Bonchev–Trinajstić information content (AvgIpc) is 3.01. The van der Waals surface area contributed by atoms with Crippen LogP contribution in [-0.2, 0) is 4.74 Å². The van der Waals surface area contributed by atoms with Gasteiger partial charge in [-0.15, -0.1) is 0 Å². The Morgan fingerprint density at radius 3 is 3.05 bits per heavy atom. The van der Waals surface area contributed by atoms with Crippen LogP contribution >= 0.6 is 11.3 Å². The van der Waals surface area contributed by atoms with Crippen molar-refractivity contribution < 1.29 is 9.53 Å². The Hall–Kier alpha value is -1.14. The largest absolute Gasteiger partial charge is 0.465 e. The number of esters is 1. The number of hydrogen-bond acceptors (Lipinski definition) is 6. The summed E-state index contributed by atoms with van der Waals surface area (Å²) in [5.74, 6) is 0.367. The monoisotopic (exact) mass is 283 g/mol. The van der Waals surface area contributed by atoms with Crippen LogP contribution in [0.25, 0.3) is 0 Å². The third-order valence-corrected chi connectivity index (χ3v) is 4.62. The molecule has 0 aliphatic carbocycles. The molecular formula is C13H21N3O2S. The summed E-state index contributed by atoms with van der Waals surface area (Å²) in [6.07, 6.45) is 1.23. The zero-order valence-electron chi connectivity index (χ0n) is 11.7. The van der Waals surface area contributed by atoms with Gasteiger partial charge in [-0.2, -0.15) is 0 Å². The number of rotatable bonds is 5. The average molecular weight is 283 g/mol. The van der Waals surface area contributed by atoms with Gasteiger partial charge in [-0.05, 0) is 32.4 Å². The molecule has 0 aromatic carbocycles. The van der Waals surface area contributed by atoms with Crippen LogP contribution in [0, 0.1) is 12.8 Å². The zero-order chi connectivity index (χ0) is 13.8. The van der Waals surface area contributed by atoms with Crippen molar-refractivity contribution in [3.8, 4) is 0 Å². The predicted octanol–water partition coefficient (Wildman–Crippen LogP) is 1.99. The first-order valence-corrected chi connectivity index (χ1v) is 7.47. The lowest BCUT2D eigenvalue weighted by molar-refractivity contribution is 0.0605. The molecule has 1 aromatic heterocycles. The number of carbonyl (C=O) groups excluding carboxylic acids is 1. The summed E-state index contributed by atoms with van der Waals surface area (Å²) in [6, 6.07) is 0. The quantitative estimate of drug-likeness (QED) is 0.838. The highest BCUT2D eigenvalue weighted by Crippen LogP contribution is 2.24. The van der Waals surface area contributed by atoms with Crippen molar-refractivity contribution in [3.05, 3.63) is 10.6 Å². The van der Waals surface area contributed by atoms with E-state index in [1.54, 1.807) is 0 Å². The Morgan fingerprint density at radius 2 is 2.42 bits per heavy atom. The number of nitrogens with one attached hydrogen (secondary N) is 1. The number of hydrogen-bond donors (Lipinski definition) is 1. The minimum atomic E-state index is -0.305. The fourth-order valence-electron chi connectivity index (χ4n) is 2.35. The van der Waals surface area contributed by atoms with E-state index in [0.29, 0.717) is 10.8 Å². The first-order chi connectivity index (χ1) is 9.13. The summed E-state index contributed by atoms with van der Waals surface area (Å²) < 4.78 is 4.73. The van der Waals surface area contributed by atoms with Crippen LogP contribution in [0.2, 0.25) is 0 Å². The van der Waals surface area contributed by atoms with Gasteiger partial charge < -0.3 is 15.0 Å². The van der Waals surface area contributed by atoms with Gasteiger partial charge >= 0.3 is 5.97 Å². The van der Waals surface area contributed by atoms with Gasteiger partial charge in [0.15, 0.2) is 5.13 Å². The highest BCUT2D eigenvalue weighted by atomic mass is 32.1. The van der Waals surface area contributed by atoms with Crippen molar-refractivity contribution in [2.45, 2.75) is 20.3 Å². The first kappa shape index (κ1) is 14.3. The van der Waals surface area contributed by atoms with Gasteiger partial charge in [0.05, 0.1) is 12.8 Å². The Bertz CT molecular complexity index is 447. The van der Waals surface area contributed by atoms with Crippen LogP contribution in [0.4, 0.5) is 5.13 Å². The van der Waals surface area contributed by atoms with Crippen molar-refractivity contribution in [1.82, 2.24) is 9.88 Å². The first-order valence-electron chi connectivity index (χ1n) is 6.66. The highest BCUT2D eigenvalue weighted by molar-refractivity contribution is 7.17. The Balaban J connectivity index is 1.88. The molecule has 0 amide bonds. The minimum absolute atomic E-state index is 0.305. The molecule has 2 heterocycles. The molecule has 0 radical (unpaired) electrons. The summed E-state index contributed by atoms with van der Waals surface area (Å²) in [7, 11) is 1.40. The highest BCUT2D eigenvalue weighted by Gasteiger charge is 2.21. The minimum Gasteiger partial charge on any atom is -0.465 e. The molecule has 1 atom stereocenters. The van der Waals surface area contributed by atoms with Gasteiger partial charge in [0.25, 0.3) is 0 Å². The van der Waals surface area contributed by atoms with E-state index >= 15 is 0 Å². The van der Waals surface area contributed by atoms with Crippen molar-refractivity contribution in [2.75, 3.05) is 38.6 Å². The lowest BCUT2D eigenvalue weighted by atomic mass is 10.1. The molecule has 2 rings (SSSR count). The second-order valence-electron chi connectivity index (χ2n) is 4.85. The fourth-order valence-corrected chi connectivity index (χ4v) is 3.24. The molecule has 0 bridgehead atoms. The molecule has 6 heteroatoms. The van der Waals surface area contributed by atoms with Crippen molar-refractivity contribution >= 4 is 22.4 Å². The molecule has 0 spiro atoms. The molecule has 106 valence electrons. The van der Waals surface area contributed by atoms with E-state index in [0.717, 1.165) is 30.5 Å². The van der Waals surface area contributed by atoms with Crippen molar-refractivity contribution in [3.63, 3.8) is 0 Å². The molecule has 1 fully saturated rings. The van der Waals surface area contributed by atoms with Gasteiger partial charge in [-0.25, -0.2) is 9.78 Å². The normalized spacial score (nSPS) is 19.6. The molecule has 1 aromatic rings. The Morgan fingerprint density at radius 1 is 1.63 bits per heavy atom. The van der Waals surface area contributed by atoms with Crippen LogP contribution in [0.1, 0.15) is 28.7 Å². The number of aryl methyl sites for hydroxylation is 1. The molecule has 5 nitrogen and oxygen atoms in total. The summed E-state index contributed by atoms with van der Waals surface area (Å²) in [4.78, 5) is 18.9. The van der Waals surface area contributed by atoms with Crippen LogP contribution in [-0.4, -0.2) is 49.1 Å². The van der Waals surface area contributed by atoms with E-state index < -0.39 is 0 Å². The molecule has 1 saturated heterocycles. The summed E-state index contributed by atoms with van der Waals surface area (Å²) in [6.45, 7) is 8.42. The Kier molecular flexibility index (Phi) is 4.76. The lowest BCUT2D eigenvalue weighted by Gasteiger charge is -2.13. The van der Waals surface area contributed by atoms with Crippen LogP contribution < -0.4 is 5.32 Å². The van der Waals surface area contributed by atoms with E-state index in [4.69, 9.17) is 4.74 Å². The maximum Gasteiger partial charge on any atom is 0.350 e. The van der Waals surface area contributed by atoms with Crippen LogP contribution in [0.3, 0.4) is 0 Å². The van der Waals surface area contributed by atoms with E-state index in [1.807, 2.05) is 6.92 Å². The lowest BCUT2D eigenvalue weighted by Crippen LogP contribution is -2.22. The second kappa shape index (κ2) is 6.34. The number of methoxy groups -OCH3 is 1. The molecule has 1 unspecified atom stereocenters. The number of likely N-dealkylation sites (tertiary alicyclic amines) is 1. The number of anilines is 1. The number of aromatic nitrogens is 1. The molecule has 1 N–H and O–H groups in total. The van der Waals surface area contributed by atoms with Crippen molar-refractivity contribution in [1.29, 1.82) is 0 Å². The maximum absolute atomic E-state index is 11.5. The van der Waals surface area contributed by atoms with E-state index in [1.165, 1.54) is 31.4 Å². The number of thiazole rings is 1. The predicted molar refractivity (Wildman–Crippen MR) is 76.9 cm³/mol. The van der Waals surface area contributed by atoms with Crippen molar-refractivity contribution in [2.24, 2.45) is 5.92 Å². The third-order valence-electron chi connectivity index (χ3n) is 3.53. The Labute approximate surface area is 118 Å². The summed E-state index contributed by atoms with van der Waals surface area (Å²) in [5.41, 5.74) is 0.737. The molecule has 19 heavy (non-hydrogen) atoms. The van der Waals surface area contributed by atoms with Gasteiger partial charge in [0.2, 0.25) is 0 Å². The molecule has 1 aliphatic rings. The SMILES string of the molecule is CCN1CCC(CNc2nc(C)c(C(=O)OC)s2)C1. The van der Waals surface area contributed by atoms with E-state index in [9.17, 15) is 4.79 Å². The zero-order valence-corrected chi connectivity index (χ0v) is 12.5. The number of nitrogens with zero attached hydrogens (tertiary/aromatic N) is 2. The van der Waals surface area contributed by atoms with Gasteiger partial charge in [-0.1, -0.05) is 18.3 Å². The summed E-state index contributed by atoms with van der Waals surface area (Å²) >= 11 is 1.37. The number of ether oxygens (including phenoxy) is 1. The van der Waals surface area contributed by atoms with Crippen LogP contribution in [0.5, 0.6) is 0 Å². The second-order valence-corrected chi connectivity index (χ2v) is 5.85. The fraction of sp³-hybridized carbons (Fsp3) is 0.692. The smallest absolute Gasteiger partial charge is 0.350 e. The van der Waals surface area contributed by atoms with Gasteiger partial charge in [-0.3, -0.25) is 0 Å². The topological polar surface area (TPSA) is 54.5 Å².